The molecule has 1 aliphatic heterocycles. The van der Waals surface area contributed by atoms with Crippen molar-refractivity contribution in [2.45, 2.75) is 45.6 Å². The zero-order valence-corrected chi connectivity index (χ0v) is 21.2. The van der Waals surface area contributed by atoms with Gasteiger partial charge in [0.1, 0.15) is 0 Å². The summed E-state index contributed by atoms with van der Waals surface area (Å²) >= 11 is 0. The summed E-state index contributed by atoms with van der Waals surface area (Å²) in [6, 6.07) is 17.8. The molecule has 186 valence electrons. The van der Waals surface area contributed by atoms with E-state index in [0.717, 1.165) is 17.5 Å². The number of rotatable bonds is 8. The van der Waals surface area contributed by atoms with E-state index < -0.39 is 6.09 Å². The summed E-state index contributed by atoms with van der Waals surface area (Å²) in [7, 11) is 0. The number of carboxylic acid groups (broad SMARTS) is 1. The molecule has 0 bridgehead atoms. The molecular formula is C28H36N4O3. The van der Waals surface area contributed by atoms with E-state index in [-0.39, 0.29) is 17.4 Å². The summed E-state index contributed by atoms with van der Waals surface area (Å²) in [5.74, 6) is 0.0506. The molecule has 0 saturated carbocycles. The van der Waals surface area contributed by atoms with Crippen LogP contribution in [0, 0.1) is 11.3 Å². The van der Waals surface area contributed by atoms with E-state index in [1.54, 1.807) is 0 Å². The van der Waals surface area contributed by atoms with Crippen LogP contribution in [0.2, 0.25) is 0 Å². The number of carbonyl (C=O) groups excluding carboxylic acids is 1. The predicted octanol–water partition coefficient (Wildman–Crippen LogP) is 4.64. The van der Waals surface area contributed by atoms with Crippen molar-refractivity contribution in [3.63, 3.8) is 0 Å². The second kappa shape index (κ2) is 11.4. The van der Waals surface area contributed by atoms with Gasteiger partial charge in [0.25, 0.3) is 5.91 Å². The summed E-state index contributed by atoms with van der Waals surface area (Å²) in [6.45, 7) is 12.0. The van der Waals surface area contributed by atoms with Gasteiger partial charge in [-0.1, -0.05) is 24.3 Å². The fraction of sp³-hybridized carbons (Fsp3) is 0.464. The van der Waals surface area contributed by atoms with Crippen molar-refractivity contribution in [1.29, 1.82) is 5.26 Å². The van der Waals surface area contributed by atoms with E-state index >= 15 is 0 Å². The first-order chi connectivity index (χ1) is 16.7. The normalized spacial score (nSPS) is 15.3. The van der Waals surface area contributed by atoms with E-state index in [1.807, 2.05) is 61.2 Å². The lowest BCUT2D eigenvalue weighted by Gasteiger charge is -2.45. The standard InChI is InChI=1S/C28H36N4O3/c1-5-30(6-2)26(33)23-12-10-22(11-13-23)25(24-9-7-8-21(18-24)20-29)19-28(3,4)32-16-14-31(15-17-32)27(34)35/h7-13,18,25H,5-6,14-17,19H2,1-4H3,(H,34,35). The van der Waals surface area contributed by atoms with Crippen LogP contribution in [-0.2, 0) is 0 Å². The van der Waals surface area contributed by atoms with Gasteiger partial charge in [-0.05, 0) is 69.5 Å². The molecule has 1 heterocycles. The number of carbonyl (C=O) groups is 2. The van der Waals surface area contributed by atoms with Gasteiger partial charge in [0.15, 0.2) is 0 Å². The Bertz CT molecular complexity index is 1060. The lowest BCUT2D eigenvalue weighted by Crippen LogP contribution is -2.55. The Morgan fingerprint density at radius 1 is 1.03 bits per heavy atom. The smallest absolute Gasteiger partial charge is 0.407 e. The minimum absolute atomic E-state index is 0.0217. The molecule has 1 aliphatic rings. The Kier molecular flexibility index (Phi) is 8.52. The van der Waals surface area contributed by atoms with Crippen molar-refractivity contribution in [3.05, 3.63) is 70.8 Å². The summed E-state index contributed by atoms with van der Waals surface area (Å²) in [5.41, 5.74) is 3.24. The SMILES string of the molecule is CCN(CC)C(=O)c1ccc(C(CC(C)(C)N2CCN(C(=O)O)CC2)c2cccc(C#N)c2)cc1. The highest BCUT2D eigenvalue weighted by atomic mass is 16.4. The number of hydrogen-bond donors (Lipinski definition) is 1. The molecule has 1 N–H and O–H groups in total. The van der Waals surface area contributed by atoms with Crippen molar-refractivity contribution >= 4 is 12.0 Å². The molecule has 7 heteroatoms. The minimum Gasteiger partial charge on any atom is -0.465 e. The number of hydrogen-bond acceptors (Lipinski definition) is 4. The van der Waals surface area contributed by atoms with Crippen LogP contribution in [0.15, 0.2) is 48.5 Å². The first-order valence-electron chi connectivity index (χ1n) is 12.3. The molecule has 0 spiro atoms. The molecule has 1 saturated heterocycles. The monoisotopic (exact) mass is 476 g/mol. The Morgan fingerprint density at radius 3 is 2.20 bits per heavy atom. The van der Waals surface area contributed by atoms with Crippen molar-refractivity contribution in [2.24, 2.45) is 0 Å². The third-order valence-electron chi connectivity index (χ3n) is 7.14. The van der Waals surface area contributed by atoms with Crippen LogP contribution in [-0.4, -0.2) is 76.6 Å². The van der Waals surface area contributed by atoms with Gasteiger partial charge >= 0.3 is 6.09 Å². The molecule has 1 unspecified atom stereocenters. The second-order valence-electron chi connectivity index (χ2n) is 9.66. The fourth-order valence-electron chi connectivity index (χ4n) is 4.94. The molecule has 2 aromatic rings. The van der Waals surface area contributed by atoms with Gasteiger partial charge in [-0.15, -0.1) is 0 Å². The van der Waals surface area contributed by atoms with Crippen molar-refractivity contribution in [3.8, 4) is 6.07 Å². The molecule has 2 amide bonds. The van der Waals surface area contributed by atoms with Crippen LogP contribution >= 0.6 is 0 Å². The van der Waals surface area contributed by atoms with Crippen LogP contribution in [0.25, 0.3) is 0 Å². The third kappa shape index (κ3) is 6.20. The summed E-state index contributed by atoms with van der Waals surface area (Å²) in [4.78, 5) is 29.7. The first-order valence-corrected chi connectivity index (χ1v) is 12.3. The summed E-state index contributed by atoms with van der Waals surface area (Å²) < 4.78 is 0. The Hall–Kier alpha value is -3.37. The molecule has 0 radical (unpaired) electrons. The average Bonchev–Trinajstić information content (AvgIpc) is 2.88. The maximum Gasteiger partial charge on any atom is 0.407 e. The van der Waals surface area contributed by atoms with Gasteiger partial charge in [-0.25, -0.2) is 4.79 Å². The van der Waals surface area contributed by atoms with E-state index in [9.17, 15) is 20.0 Å². The maximum atomic E-state index is 12.8. The highest BCUT2D eigenvalue weighted by Gasteiger charge is 2.34. The van der Waals surface area contributed by atoms with Crippen LogP contribution < -0.4 is 0 Å². The van der Waals surface area contributed by atoms with E-state index in [2.05, 4.69) is 30.9 Å². The fourth-order valence-corrected chi connectivity index (χ4v) is 4.94. The van der Waals surface area contributed by atoms with Crippen LogP contribution in [0.1, 0.15) is 67.1 Å². The van der Waals surface area contributed by atoms with Crippen LogP contribution in [0.5, 0.6) is 0 Å². The lowest BCUT2D eigenvalue weighted by atomic mass is 9.80. The predicted molar refractivity (Wildman–Crippen MR) is 137 cm³/mol. The molecule has 0 aromatic heterocycles. The van der Waals surface area contributed by atoms with Gasteiger partial charge in [-0.3, -0.25) is 9.69 Å². The van der Waals surface area contributed by atoms with Gasteiger partial charge in [-0.2, -0.15) is 5.26 Å². The van der Waals surface area contributed by atoms with Crippen LogP contribution in [0.3, 0.4) is 0 Å². The second-order valence-corrected chi connectivity index (χ2v) is 9.66. The lowest BCUT2D eigenvalue weighted by molar-refractivity contribution is 0.0451. The molecule has 1 atom stereocenters. The number of benzene rings is 2. The Morgan fingerprint density at radius 2 is 1.66 bits per heavy atom. The number of amides is 2. The molecule has 3 rings (SSSR count). The highest BCUT2D eigenvalue weighted by Crippen LogP contribution is 2.36. The highest BCUT2D eigenvalue weighted by molar-refractivity contribution is 5.94. The largest absolute Gasteiger partial charge is 0.465 e. The molecule has 7 nitrogen and oxygen atoms in total. The van der Waals surface area contributed by atoms with Crippen molar-refractivity contribution in [1.82, 2.24) is 14.7 Å². The maximum absolute atomic E-state index is 12.8. The number of nitriles is 1. The summed E-state index contributed by atoms with van der Waals surface area (Å²) in [5, 5.41) is 18.8. The Balaban J connectivity index is 1.90. The topological polar surface area (TPSA) is 87.9 Å². The van der Waals surface area contributed by atoms with Gasteiger partial charge < -0.3 is 14.9 Å². The minimum atomic E-state index is -0.868. The molecule has 2 aromatic carbocycles. The average molecular weight is 477 g/mol. The molecule has 35 heavy (non-hydrogen) atoms. The van der Waals surface area contributed by atoms with E-state index in [4.69, 9.17) is 0 Å². The van der Waals surface area contributed by atoms with E-state index in [0.29, 0.717) is 50.4 Å². The zero-order chi connectivity index (χ0) is 25.6. The molecule has 0 aliphatic carbocycles. The van der Waals surface area contributed by atoms with Gasteiger partial charge in [0, 0.05) is 56.3 Å². The van der Waals surface area contributed by atoms with Crippen molar-refractivity contribution < 1.29 is 14.7 Å². The van der Waals surface area contributed by atoms with Gasteiger partial charge in [0.2, 0.25) is 0 Å². The number of nitrogens with zero attached hydrogens (tertiary/aromatic N) is 4. The quantitative estimate of drug-likeness (QED) is 0.600. The molecular weight excluding hydrogens is 440 g/mol. The van der Waals surface area contributed by atoms with Gasteiger partial charge in [0.05, 0.1) is 11.6 Å². The molecule has 1 fully saturated rings. The van der Waals surface area contributed by atoms with Crippen LogP contribution in [0.4, 0.5) is 4.79 Å². The third-order valence-corrected chi connectivity index (χ3v) is 7.14. The zero-order valence-electron chi connectivity index (χ0n) is 21.2. The number of piperazine rings is 1. The summed E-state index contributed by atoms with van der Waals surface area (Å²) in [6.07, 6.45) is -0.0776. The Labute approximate surface area is 208 Å². The first kappa shape index (κ1) is 26.2. The van der Waals surface area contributed by atoms with E-state index in [1.165, 1.54) is 4.90 Å². The van der Waals surface area contributed by atoms with Crippen molar-refractivity contribution in [2.75, 3.05) is 39.3 Å².